The van der Waals surface area contributed by atoms with Gasteiger partial charge < -0.3 is 5.32 Å². The Balaban J connectivity index is 1.99. The van der Waals surface area contributed by atoms with Crippen molar-refractivity contribution < 1.29 is 9.59 Å². The smallest absolute Gasteiger partial charge is 0.274 e. The fraction of sp³-hybridized carbons (Fsp3) is 0.111. The molecule has 0 spiro atoms. The van der Waals surface area contributed by atoms with Crippen molar-refractivity contribution in [2.24, 2.45) is 0 Å². The molecule has 0 radical (unpaired) electrons. The Hall–Kier alpha value is -2.27. The molecule has 0 aliphatic heterocycles. The molecule has 0 aliphatic carbocycles. The predicted molar refractivity (Wildman–Crippen MR) is 117 cm³/mol. The van der Waals surface area contributed by atoms with Crippen LogP contribution in [0.3, 0.4) is 0 Å². The van der Waals surface area contributed by atoms with E-state index in [9.17, 15) is 9.59 Å². The summed E-state index contributed by atoms with van der Waals surface area (Å²) >= 11 is 12.8. The van der Waals surface area contributed by atoms with Gasteiger partial charge in [-0.2, -0.15) is 5.10 Å². The average molecular weight is 543 g/mol. The summed E-state index contributed by atoms with van der Waals surface area (Å²) in [6.45, 7) is 0. The SMILES string of the molecule is CNN(C)C(=O)c1cc(Br)ccc1NC(=O)c1cc(Br)nn1-c1ncccc1Cl. The van der Waals surface area contributed by atoms with Gasteiger partial charge in [0.25, 0.3) is 11.8 Å². The quantitative estimate of drug-likeness (QED) is 0.477. The molecule has 0 saturated carbocycles. The third-order valence-corrected chi connectivity index (χ3v) is 5.13. The van der Waals surface area contributed by atoms with Crippen LogP contribution in [0.5, 0.6) is 0 Å². The van der Waals surface area contributed by atoms with Crippen LogP contribution in [0.4, 0.5) is 5.69 Å². The lowest BCUT2D eigenvalue weighted by Gasteiger charge is -2.18. The maximum atomic E-state index is 13.0. The number of nitrogens with one attached hydrogen (secondary N) is 2. The third kappa shape index (κ3) is 4.67. The van der Waals surface area contributed by atoms with Crippen LogP contribution in [-0.4, -0.2) is 45.7 Å². The van der Waals surface area contributed by atoms with Crippen LogP contribution in [0.2, 0.25) is 5.02 Å². The molecule has 3 aromatic rings. The normalized spacial score (nSPS) is 10.7. The Morgan fingerprint density at radius 2 is 1.97 bits per heavy atom. The number of rotatable bonds is 5. The standard InChI is InChI=1S/C18H15Br2ClN6O2/c1-22-26(2)18(29)11-8-10(19)5-6-13(11)24-17(28)14-9-15(20)25-27(14)16-12(21)4-3-7-23-16/h3-9,22H,1-2H3,(H,24,28). The van der Waals surface area contributed by atoms with Crippen LogP contribution in [-0.2, 0) is 0 Å². The number of halogens is 3. The second-order valence-corrected chi connectivity index (χ2v) is 7.94. The largest absolute Gasteiger partial charge is 0.320 e. The molecule has 150 valence electrons. The topological polar surface area (TPSA) is 92.2 Å². The summed E-state index contributed by atoms with van der Waals surface area (Å²) in [5.74, 6) is -0.480. The summed E-state index contributed by atoms with van der Waals surface area (Å²) in [6.07, 6.45) is 1.55. The first-order valence-electron chi connectivity index (χ1n) is 8.24. The van der Waals surface area contributed by atoms with E-state index in [1.54, 1.807) is 56.7 Å². The molecule has 29 heavy (non-hydrogen) atoms. The van der Waals surface area contributed by atoms with Crippen LogP contribution in [0.15, 0.2) is 51.7 Å². The number of hydrogen-bond donors (Lipinski definition) is 2. The van der Waals surface area contributed by atoms with Crippen LogP contribution in [0.25, 0.3) is 5.82 Å². The molecule has 0 aliphatic rings. The van der Waals surface area contributed by atoms with Gasteiger partial charge in [-0.1, -0.05) is 27.5 Å². The Morgan fingerprint density at radius 3 is 2.66 bits per heavy atom. The number of aromatic nitrogens is 3. The van der Waals surface area contributed by atoms with Crippen LogP contribution >= 0.6 is 43.5 Å². The van der Waals surface area contributed by atoms with Gasteiger partial charge in [0.05, 0.1) is 16.3 Å². The van der Waals surface area contributed by atoms with Gasteiger partial charge in [0, 0.05) is 30.8 Å². The van der Waals surface area contributed by atoms with E-state index in [4.69, 9.17) is 11.6 Å². The second-order valence-electron chi connectivity index (χ2n) is 5.80. The fourth-order valence-corrected chi connectivity index (χ4v) is 3.42. The van der Waals surface area contributed by atoms with E-state index in [0.717, 1.165) is 0 Å². The highest BCUT2D eigenvalue weighted by molar-refractivity contribution is 9.10. The lowest BCUT2D eigenvalue weighted by atomic mass is 10.1. The van der Waals surface area contributed by atoms with Crippen LogP contribution < -0.4 is 10.7 Å². The zero-order valence-corrected chi connectivity index (χ0v) is 19.2. The van der Waals surface area contributed by atoms with Crippen molar-refractivity contribution in [1.29, 1.82) is 0 Å². The Morgan fingerprint density at radius 1 is 1.21 bits per heavy atom. The highest BCUT2D eigenvalue weighted by Crippen LogP contribution is 2.25. The van der Waals surface area contributed by atoms with E-state index in [1.807, 2.05) is 0 Å². The lowest BCUT2D eigenvalue weighted by molar-refractivity contribution is 0.0736. The predicted octanol–water partition coefficient (Wildman–Crippen LogP) is 3.90. The summed E-state index contributed by atoms with van der Waals surface area (Å²) in [6, 6.07) is 9.88. The molecule has 11 heteroatoms. The highest BCUT2D eigenvalue weighted by atomic mass is 79.9. The maximum absolute atomic E-state index is 13.0. The minimum absolute atomic E-state index is 0.195. The number of amides is 2. The lowest BCUT2D eigenvalue weighted by Crippen LogP contribution is -2.37. The van der Waals surface area contributed by atoms with Gasteiger partial charge >= 0.3 is 0 Å². The van der Waals surface area contributed by atoms with Crippen LogP contribution in [0.1, 0.15) is 20.8 Å². The van der Waals surface area contributed by atoms with Crippen molar-refractivity contribution in [2.45, 2.75) is 0 Å². The van der Waals surface area contributed by atoms with Gasteiger partial charge in [0.15, 0.2) is 5.82 Å². The molecule has 3 rings (SSSR count). The molecular weight excluding hydrogens is 527 g/mol. The van der Waals surface area contributed by atoms with Gasteiger partial charge in [0.1, 0.15) is 10.3 Å². The molecule has 1 aromatic carbocycles. The first-order chi connectivity index (χ1) is 13.8. The fourth-order valence-electron chi connectivity index (χ4n) is 2.48. The molecule has 2 amide bonds. The molecule has 8 nitrogen and oxygen atoms in total. The molecule has 2 N–H and O–H groups in total. The van der Waals surface area contributed by atoms with Gasteiger partial charge in [-0.05, 0) is 46.3 Å². The Kier molecular flexibility index (Phi) is 6.68. The monoisotopic (exact) mass is 540 g/mol. The summed E-state index contributed by atoms with van der Waals surface area (Å²) in [5.41, 5.74) is 3.60. The summed E-state index contributed by atoms with van der Waals surface area (Å²) in [5, 5.41) is 8.67. The summed E-state index contributed by atoms with van der Waals surface area (Å²) in [4.78, 5) is 29.9. The highest BCUT2D eigenvalue weighted by Gasteiger charge is 2.22. The minimum Gasteiger partial charge on any atom is -0.320 e. The van der Waals surface area contributed by atoms with E-state index in [-0.39, 0.29) is 11.6 Å². The Labute approximate surface area is 188 Å². The van der Waals surface area contributed by atoms with Crippen molar-refractivity contribution in [2.75, 3.05) is 19.4 Å². The van der Waals surface area contributed by atoms with Gasteiger partial charge in [0.2, 0.25) is 0 Å². The number of benzene rings is 1. The van der Waals surface area contributed by atoms with E-state index in [0.29, 0.717) is 31.2 Å². The van der Waals surface area contributed by atoms with Crippen molar-refractivity contribution in [3.63, 3.8) is 0 Å². The zero-order chi connectivity index (χ0) is 21.1. The molecule has 0 bridgehead atoms. The number of hydrogen-bond acceptors (Lipinski definition) is 5. The van der Waals surface area contributed by atoms with E-state index in [1.165, 1.54) is 9.69 Å². The maximum Gasteiger partial charge on any atom is 0.274 e. The van der Waals surface area contributed by atoms with Gasteiger partial charge in [-0.3, -0.25) is 14.6 Å². The Bertz CT molecular complexity index is 1090. The van der Waals surface area contributed by atoms with E-state index < -0.39 is 5.91 Å². The number of anilines is 1. The van der Waals surface area contributed by atoms with Crippen molar-refractivity contribution in [3.8, 4) is 5.82 Å². The van der Waals surface area contributed by atoms with E-state index in [2.05, 4.69) is 52.7 Å². The number of pyridine rings is 1. The van der Waals surface area contributed by atoms with Gasteiger partial charge in [-0.15, -0.1) is 0 Å². The zero-order valence-electron chi connectivity index (χ0n) is 15.3. The van der Waals surface area contributed by atoms with E-state index >= 15 is 0 Å². The first kappa shape index (κ1) is 21.4. The van der Waals surface area contributed by atoms with Crippen LogP contribution in [0, 0.1) is 0 Å². The third-order valence-electron chi connectivity index (χ3n) is 3.95. The average Bonchev–Trinajstić information content (AvgIpc) is 3.10. The number of hydrazine groups is 1. The summed E-state index contributed by atoms with van der Waals surface area (Å²) < 4.78 is 2.48. The molecule has 0 saturated heterocycles. The summed E-state index contributed by atoms with van der Waals surface area (Å²) in [7, 11) is 3.21. The molecule has 0 fully saturated rings. The molecule has 2 aromatic heterocycles. The number of nitrogens with zero attached hydrogens (tertiary/aromatic N) is 4. The molecule has 0 unspecified atom stereocenters. The number of carbonyl (C=O) groups is 2. The first-order valence-corrected chi connectivity index (χ1v) is 10.2. The molecule has 0 atom stereocenters. The minimum atomic E-state index is -0.478. The van der Waals surface area contributed by atoms with Crippen molar-refractivity contribution in [3.05, 3.63) is 68.0 Å². The molecule has 2 heterocycles. The van der Waals surface area contributed by atoms with Crippen molar-refractivity contribution >= 4 is 61.0 Å². The molecular formula is C18H15Br2ClN6O2. The number of carbonyl (C=O) groups excluding carboxylic acids is 2. The second kappa shape index (κ2) is 9.04. The van der Waals surface area contributed by atoms with Gasteiger partial charge in [-0.25, -0.2) is 15.1 Å². The van der Waals surface area contributed by atoms with Crippen molar-refractivity contribution in [1.82, 2.24) is 25.2 Å².